The van der Waals surface area contributed by atoms with Crippen LogP contribution in [0.1, 0.15) is 5.56 Å². The average molecular weight is 325 g/mol. The molecule has 0 saturated carbocycles. The Kier molecular flexibility index (Phi) is 4.43. The van der Waals surface area contributed by atoms with Crippen LogP contribution in [0.4, 0.5) is 5.69 Å². The van der Waals surface area contributed by atoms with Gasteiger partial charge in [-0.2, -0.15) is 0 Å². The quantitative estimate of drug-likeness (QED) is 0.399. The molecule has 3 rings (SSSR count). The maximum atomic E-state index is 10.8. The van der Waals surface area contributed by atoms with E-state index in [1.165, 1.54) is 6.07 Å². The van der Waals surface area contributed by atoms with Crippen LogP contribution in [0.25, 0.3) is 11.3 Å². The van der Waals surface area contributed by atoms with Gasteiger partial charge in [-0.05, 0) is 11.1 Å². The highest BCUT2D eigenvalue weighted by Gasteiger charge is 2.10. The molecule has 0 spiro atoms. The van der Waals surface area contributed by atoms with Gasteiger partial charge in [-0.1, -0.05) is 54.2 Å². The van der Waals surface area contributed by atoms with Gasteiger partial charge in [0.05, 0.1) is 16.8 Å². The van der Waals surface area contributed by atoms with Crippen molar-refractivity contribution in [1.29, 1.82) is 0 Å². The molecule has 0 unspecified atom stereocenters. The lowest BCUT2D eigenvalue weighted by Crippen LogP contribution is -1.95. The number of benzene rings is 2. The zero-order valence-corrected chi connectivity index (χ0v) is 13.4. The molecule has 6 heteroatoms. The third-order valence-corrected chi connectivity index (χ3v) is 4.62. The van der Waals surface area contributed by atoms with E-state index in [0.717, 1.165) is 22.0 Å². The summed E-state index contributed by atoms with van der Waals surface area (Å²) in [5.41, 5.74) is 3.19. The van der Waals surface area contributed by atoms with Crippen LogP contribution in [-0.2, 0) is 12.8 Å². The van der Waals surface area contributed by atoms with Gasteiger partial charge in [-0.25, -0.2) is 4.98 Å². The Bertz CT molecular complexity index is 831. The maximum Gasteiger partial charge on any atom is 0.269 e. The van der Waals surface area contributed by atoms with Crippen molar-refractivity contribution in [3.8, 4) is 11.3 Å². The fourth-order valence-electron chi connectivity index (χ4n) is 2.31. The standard InChI is InChI=1S/C17H15N3O2S/c1-19-16(14-7-3-2-4-8-14)11-18-17(19)23-12-13-6-5-9-15(10-13)20(21)22/h2-11H,12H2,1H3. The molecule has 0 bridgehead atoms. The van der Waals surface area contributed by atoms with Crippen LogP contribution in [0, 0.1) is 10.1 Å². The van der Waals surface area contributed by atoms with Crippen LogP contribution in [0.2, 0.25) is 0 Å². The molecule has 2 aromatic carbocycles. The molecule has 5 nitrogen and oxygen atoms in total. The summed E-state index contributed by atoms with van der Waals surface area (Å²) in [5.74, 6) is 0.640. The van der Waals surface area contributed by atoms with Gasteiger partial charge >= 0.3 is 0 Å². The Morgan fingerprint density at radius 3 is 2.70 bits per heavy atom. The molecule has 0 amide bonds. The zero-order valence-electron chi connectivity index (χ0n) is 12.5. The van der Waals surface area contributed by atoms with E-state index in [2.05, 4.69) is 4.98 Å². The highest BCUT2D eigenvalue weighted by molar-refractivity contribution is 7.98. The molecule has 1 heterocycles. The van der Waals surface area contributed by atoms with Gasteiger partial charge in [0, 0.05) is 24.9 Å². The van der Waals surface area contributed by atoms with Crippen molar-refractivity contribution in [2.45, 2.75) is 10.9 Å². The number of nitro benzene ring substituents is 1. The van der Waals surface area contributed by atoms with Crippen LogP contribution in [0.5, 0.6) is 0 Å². The summed E-state index contributed by atoms with van der Waals surface area (Å²) in [4.78, 5) is 14.9. The van der Waals surface area contributed by atoms with Gasteiger partial charge in [-0.15, -0.1) is 0 Å². The van der Waals surface area contributed by atoms with E-state index in [-0.39, 0.29) is 10.6 Å². The van der Waals surface area contributed by atoms with Gasteiger partial charge in [0.25, 0.3) is 5.69 Å². The number of aromatic nitrogens is 2. The molecule has 23 heavy (non-hydrogen) atoms. The van der Waals surface area contributed by atoms with Crippen LogP contribution in [0.15, 0.2) is 66.0 Å². The first-order valence-corrected chi connectivity index (χ1v) is 8.07. The fraction of sp³-hybridized carbons (Fsp3) is 0.118. The summed E-state index contributed by atoms with van der Waals surface area (Å²) >= 11 is 1.57. The van der Waals surface area contributed by atoms with Crippen LogP contribution in [-0.4, -0.2) is 14.5 Å². The second-order valence-electron chi connectivity index (χ2n) is 5.07. The Labute approximate surface area is 138 Å². The molecule has 0 radical (unpaired) electrons. The van der Waals surface area contributed by atoms with Crippen LogP contribution < -0.4 is 0 Å². The predicted molar refractivity (Wildman–Crippen MR) is 91.3 cm³/mol. The summed E-state index contributed by atoms with van der Waals surface area (Å²) in [5, 5.41) is 11.7. The Balaban J connectivity index is 1.76. The minimum Gasteiger partial charge on any atom is -0.322 e. The Morgan fingerprint density at radius 1 is 1.17 bits per heavy atom. The van der Waals surface area contributed by atoms with Crippen molar-refractivity contribution in [3.63, 3.8) is 0 Å². The minimum absolute atomic E-state index is 0.118. The van der Waals surface area contributed by atoms with Crippen LogP contribution in [0.3, 0.4) is 0 Å². The number of hydrogen-bond acceptors (Lipinski definition) is 4. The second-order valence-corrected chi connectivity index (χ2v) is 6.01. The number of thioether (sulfide) groups is 1. The van der Waals surface area contributed by atoms with E-state index in [9.17, 15) is 10.1 Å². The molecule has 0 aliphatic heterocycles. The molecule has 116 valence electrons. The highest BCUT2D eigenvalue weighted by atomic mass is 32.2. The van der Waals surface area contributed by atoms with Gasteiger partial charge in [0.2, 0.25) is 0 Å². The fourth-order valence-corrected chi connectivity index (χ4v) is 3.21. The van der Waals surface area contributed by atoms with Crippen molar-refractivity contribution in [1.82, 2.24) is 9.55 Å². The zero-order chi connectivity index (χ0) is 16.2. The SMILES string of the molecule is Cn1c(-c2ccccc2)cnc1SCc1cccc([N+](=O)[O-])c1. The normalized spacial score (nSPS) is 10.7. The third-order valence-electron chi connectivity index (χ3n) is 3.50. The molecule has 0 saturated heterocycles. The number of non-ortho nitro benzene ring substituents is 1. The van der Waals surface area contributed by atoms with Gasteiger partial charge < -0.3 is 4.57 Å². The summed E-state index contributed by atoms with van der Waals surface area (Å²) in [7, 11) is 1.98. The third kappa shape index (κ3) is 3.43. The monoisotopic (exact) mass is 325 g/mol. The van der Waals surface area contributed by atoms with Crippen molar-refractivity contribution >= 4 is 17.4 Å². The first-order valence-electron chi connectivity index (χ1n) is 7.08. The first-order chi connectivity index (χ1) is 11.1. The minimum atomic E-state index is -0.373. The van der Waals surface area contributed by atoms with Crippen LogP contribution >= 0.6 is 11.8 Å². The van der Waals surface area contributed by atoms with Gasteiger partial charge in [-0.3, -0.25) is 10.1 Å². The molecule has 0 atom stereocenters. The average Bonchev–Trinajstić information content (AvgIpc) is 2.95. The van der Waals surface area contributed by atoms with E-state index in [1.807, 2.05) is 54.2 Å². The molecule has 0 N–H and O–H groups in total. The van der Waals surface area contributed by atoms with Gasteiger partial charge in [0.1, 0.15) is 0 Å². The van der Waals surface area contributed by atoms with Crippen molar-refractivity contribution in [3.05, 3.63) is 76.5 Å². The summed E-state index contributed by atoms with van der Waals surface area (Å²) < 4.78 is 2.04. The lowest BCUT2D eigenvalue weighted by Gasteiger charge is -2.06. The van der Waals surface area contributed by atoms with Crippen molar-refractivity contribution in [2.24, 2.45) is 7.05 Å². The van der Waals surface area contributed by atoms with Crippen molar-refractivity contribution < 1.29 is 4.92 Å². The van der Waals surface area contributed by atoms with E-state index >= 15 is 0 Å². The molecular weight excluding hydrogens is 310 g/mol. The molecule has 1 aromatic heterocycles. The summed E-state index contributed by atoms with van der Waals surface area (Å²) in [6, 6.07) is 16.8. The lowest BCUT2D eigenvalue weighted by atomic mass is 10.2. The number of imidazole rings is 1. The molecule has 3 aromatic rings. The topological polar surface area (TPSA) is 61.0 Å². The Morgan fingerprint density at radius 2 is 1.96 bits per heavy atom. The number of rotatable bonds is 5. The maximum absolute atomic E-state index is 10.8. The molecule has 0 aliphatic rings. The lowest BCUT2D eigenvalue weighted by molar-refractivity contribution is -0.384. The van der Waals surface area contributed by atoms with E-state index < -0.39 is 0 Å². The molecular formula is C17H15N3O2S. The second kappa shape index (κ2) is 6.66. The first kappa shape index (κ1) is 15.3. The van der Waals surface area contributed by atoms with E-state index in [0.29, 0.717) is 5.75 Å². The number of nitrogens with zero attached hydrogens (tertiary/aromatic N) is 3. The summed E-state index contributed by atoms with van der Waals surface area (Å²) in [6.07, 6.45) is 1.85. The van der Waals surface area contributed by atoms with E-state index in [4.69, 9.17) is 0 Å². The number of hydrogen-bond donors (Lipinski definition) is 0. The highest BCUT2D eigenvalue weighted by Crippen LogP contribution is 2.27. The summed E-state index contributed by atoms with van der Waals surface area (Å²) in [6.45, 7) is 0. The Hall–Kier alpha value is -2.60. The smallest absolute Gasteiger partial charge is 0.269 e. The van der Waals surface area contributed by atoms with Gasteiger partial charge in [0.15, 0.2) is 5.16 Å². The molecule has 0 fully saturated rings. The molecule has 0 aliphatic carbocycles. The largest absolute Gasteiger partial charge is 0.322 e. The number of nitro groups is 1. The van der Waals surface area contributed by atoms with E-state index in [1.54, 1.807) is 23.9 Å². The van der Waals surface area contributed by atoms with Crippen molar-refractivity contribution in [2.75, 3.05) is 0 Å². The predicted octanol–water partition coefficient (Wildman–Crippen LogP) is 4.29.